The first-order valence-electron chi connectivity index (χ1n) is 6.40. The first-order valence-corrected chi connectivity index (χ1v) is 7.21. The molecule has 0 saturated heterocycles. The zero-order valence-electron chi connectivity index (χ0n) is 11.3. The molecule has 0 N–H and O–H groups in total. The van der Waals surface area contributed by atoms with Crippen LogP contribution < -0.4 is 4.90 Å². The topological polar surface area (TPSA) is 61.2 Å². The maximum atomic E-state index is 11.9. The fourth-order valence-electron chi connectivity index (χ4n) is 2.29. The molecule has 1 aliphatic rings. The van der Waals surface area contributed by atoms with Crippen molar-refractivity contribution in [2.24, 2.45) is 0 Å². The van der Waals surface area contributed by atoms with Gasteiger partial charge in [-0.2, -0.15) is 5.26 Å². The lowest BCUT2D eigenvalue weighted by atomic mass is 10.0. The lowest BCUT2D eigenvalue weighted by molar-refractivity contribution is -0.120. The second-order valence-electron chi connectivity index (χ2n) is 4.34. The molecule has 0 atom stereocenters. The summed E-state index contributed by atoms with van der Waals surface area (Å²) in [5.74, 6) is -0.611. The highest BCUT2D eigenvalue weighted by Gasteiger charge is 2.29. The van der Waals surface area contributed by atoms with Crippen LogP contribution in [0.2, 0.25) is 0 Å². The highest BCUT2D eigenvalue weighted by molar-refractivity contribution is 8.03. The van der Waals surface area contributed by atoms with Gasteiger partial charge in [0.05, 0.1) is 5.69 Å². The Balaban J connectivity index is 2.59. The number of aryl methyl sites for hydroxylation is 2. The summed E-state index contributed by atoms with van der Waals surface area (Å²) in [6, 6.07) is 3.75. The molecule has 5 heteroatoms. The molecule has 0 aromatic heterocycles. The van der Waals surface area contributed by atoms with E-state index in [9.17, 15) is 9.59 Å². The van der Waals surface area contributed by atoms with Crippen LogP contribution in [0.1, 0.15) is 25.0 Å². The van der Waals surface area contributed by atoms with Gasteiger partial charge in [0.1, 0.15) is 5.40 Å². The molecule has 1 aromatic rings. The van der Waals surface area contributed by atoms with E-state index in [1.54, 1.807) is 0 Å². The lowest BCUT2D eigenvalue weighted by Gasteiger charge is -2.22. The van der Waals surface area contributed by atoms with Gasteiger partial charge < -0.3 is 0 Å². The van der Waals surface area contributed by atoms with Crippen LogP contribution >= 0.6 is 11.8 Å². The third-order valence-corrected chi connectivity index (χ3v) is 3.76. The molecule has 0 saturated carbocycles. The number of rotatable bonds is 4. The van der Waals surface area contributed by atoms with Gasteiger partial charge in [-0.15, -0.1) is 0 Å². The summed E-state index contributed by atoms with van der Waals surface area (Å²) in [5, 5.41) is 10.8. The molecule has 1 aromatic carbocycles. The third-order valence-electron chi connectivity index (χ3n) is 3.20. The minimum Gasteiger partial charge on any atom is -0.269 e. The number of anilines is 1. The number of benzene rings is 1. The third kappa shape index (κ3) is 2.47. The Morgan fingerprint density at radius 1 is 1.10 bits per heavy atom. The van der Waals surface area contributed by atoms with E-state index in [2.05, 4.69) is 5.40 Å². The highest BCUT2D eigenvalue weighted by atomic mass is 32.2. The van der Waals surface area contributed by atoms with Crippen molar-refractivity contribution in [3.8, 4) is 5.40 Å². The minimum atomic E-state index is -0.305. The van der Waals surface area contributed by atoms with Crippen LogP contribution in [0.5, 0.6) is 0 Å². The van der Waals surface area contributed by atoms with Crippen LogP contribution in [-0.2, 0) is 22.4 Å². The van der Waals surface area contributed by atoms with E-state index < -0.39 is 0 Å². The monoisotopic (exact) mass is 286 g/mol. The normalized spacial score (nSPS) is 13.9. The Labute approximate surface area is 122 Å². The molecule has 1 heterocycles. The Kier molecular flexibility index (Phi) is 4.26. The summed E-state index contributed by atoms with van der Waals surface area (Å²) in [7, 11) is 0. The largest absolute Gasteiger partial charge is 0.269 e. The van der Waals surface area contributed by atoms with Crippen molar-refractivity contribution in [1.29, 1.82) is 5.26 Å². The molecule has 0 radical (unpaired) electrons. The summed E-state index contributed by atoms with van der Waals surface area (Å²) in [6.07, 6.45) is 3.97. The summed E-state index contributed by atoms with van der Waals surface area (Å²) in [6.45, 7) is 3.94. The number of carbonyl (C=O) groups is 2. The standard InChI is InChI=1S/C15H14N2O2S/c1-3-10-7-12(20-9-16)8-11(4-2)15(10)17-13(18)5-6-14(17)19/h5-8H,3-4H2,1-2H3. The molecular weight excluding hydrogens is 272 g/mol. The Hall–Kier alpha value is -2.06. The summed E-state index contributed by atoms with van der Waals surface area (Å²) >= 11 is 1.09. The van der Waals surface area contributed by atoms with Crippen molar-refractivity contribution in [3.63, 3.8) is 0 Å². The zero-order chi connectivity index (χ0) is 14.7. The molecule has 102 valence electrons. The van der Waals surface area contributed by atoms with E-state index in [0.29, 0.717) is 18.5 Å². The van der Waals surface area contributed by atoms with Gasteiger partial charge in [-0.3, -0.25) is 9.59 Å². The van der Waals surface area contributed by atoms with Crippen LogP contribution in [0.15, 0.2) is 29.2 Å². The number of amides is 2. The Morgan fingerprint density at radius 3 is 2.00 bits per heavy atom. The lowest BCUT2D eigenvalue weighted by Crippen LogP contribution is -2.31. The molecule has 0 bridgehead atoms. The number of nitrogens with zero attached hydrogens (tertiary/aromatic N) is 2. The van der Waals surface area contributed by atoms with Gasteiger partial charge in [-0.1, -0.05) is 13.8 Å². The van der Waals surface area contributed by atoms with Gasteiger partial charge in [-0.05, 0) is 47.9 Å². The molecule has 0 fully saturated rings. The van der Waals surface area contributed by atoms with E-state index in [4.69, 9.17) is 5.26 Å². The van der Waals surface area contributed by atoms with Gasteiger partial charge in [0.2, 0.25) is 0 Å². The predicted molar refractivity (Wildman–Crippen MR) is 78.3 cm³/mol. The zero-order valence-corrected chi connectivity index (χ0v) is 12.2. The molecule has 0 spiro atoms. The molecule has 0 aliphatic carbocycles. The van der Waals surface area contributed by atoms with Crippen LogP contribution in [-0.4, -0.2) is 11.8 Å². The average Bonchev–Trinajstić information content (AvgIpc) is 2.77. The van der Waals surface area contributed by atoms with Crippen molar-refractivity contribution in [2.75, 3.05) is 4.90 Å². The van der Waals surface area contributed by atoms with Gasteiger partial charge in [0.15, 0.2) is 0 Å². The summed E-state index contributed by atoms with van der Waals surface area (Å²) in [4.78, 5) is 25.9. The van der Waals surface area contributed by atoms with Gasteiger partial charge in [-0.25, -0.2) is 4.90 Å². The van der Waals surface area contributed by atoms with Gasteiger partial charge in [0.25, 0.3) is 11.8 Å². The van der Waals surface area contributed by atoms with E-state index in [1.165, 1.54) is 17.1 Å². The molecule has 4 nitrogen and oxygen atoms in total. The quantitative estimate of drug-likeness (QED) is 0.485. The molecule has 20 heavy (non-hydrogen) atoms. The Morgan fingerprint density at radius 2 is 1.60 bits per heavy atom. The van der Waals surface area contributed by atoms with Crippen molar-refractivity contribution < 1.29 is 9.59 Å². The second kappa shape index (κ2) is 5.93. The first kappa shape index (κ1) is 14.4. The van der Waals surface area contributed by atoms with Crippen molar-refractivity contribution >= 4 is 29.3 Å². The van der Waals surface area contributed by atoms with Crippen molar-refractivity contribution in [1.82, 2.24) is 0 Å². The predicted octanol–water partition coefficient (Wildman–Crippen LogP) is 2.81. The number of carbonyl (C=O) groups excluding carboxylic acids is 2. The number of thioether (sulfide) groups is 1. The maximum Gasteiger partial charge on any atom is 0.258 e. The van der Waals surface area contributed by atoms with Crippen LogP contribution in [0, 0.1) is 10.7 Å². The van der Waals surface area contributed by atoms with E-state index in [0.717, 1.165) is 27.8 Å². The molecule has 0 unspecified atom stereocenters. The van der Waals surface area contributed by atoms with Crippen LogP contribution in [0.25, 0.3) is 0 Å². The fourth-order valence-corrected chi connectivity index (χ4v) is 2.79. The number of hydrogen-bond acceptors (Lipinski definition) is 4. The average molecular weight is 286 g/mol. The molecule has 2 amide bonds. The van der Waals surface area contributed by atoms with Crippen molar-refractivity contribution in [2.45, 2.75) is 31.6 Å². The number of thiocyanates is 1. The van der Waals surface area contributed by atoms with E-state index in [-0.39, 0.29) is 11.8 Å². The van der Waals surface area contributed by atoms with Crippen LogP contribution in [0.3, 0.4) is 0 Å². The highest BCUT2D eigenvalue weighted by Crippen LogP contribution is 2.33. The minimum absolute atomic E-state index is 0.305. The summed E-state index contributed by atoms with van der Waals surface area (Å²) in [5.41, 5.74) is 2.50. The second-order valence-corrected chi connectivity index (χ2v) is 5.19. The molecule has 2 rings (SSSR count). The number of imide groups is 1. The van der Waals surface area contributed by atoms with E-state index >= 15 is 0 Å². The SMILES string of the molecule is CCc1cc(SC#N)cc(CC)c1N1C(=O)C=CC1=O. The maximum absolute atomic E-state index is 11.9. The number of hydrogen-bond donors (Lipinski definition) is 0. The summed E-state index contributed by atoms with van der Waals surface area (Å²) < 4.78 is 0. The smallest absolute Gasteiger partial charge is 0.258 e. The molecule has 1 aliphatic heterocycles. The number of nitriles is 1. The van der Waals surface area contributed by atoms with Crippen molar-refractivity contribution in [3.05, 3.63) is 35.4 Å². The first-order chi connectivity index (χ1) is 9.62. The van der Waals surface area contributed by atoms with Gasteiger partial charge >= 0.3 is 0 Å². The fraction of sp³-hybridized carbons (Fsp3) is 0.267. The van der Waals surface area contributed by atoms with Crippen LogP contribution in [0.4, 0.5) is 5.69 Å². The molecular formula is C15H14N2O2S. The van der Waals surface area contributed by atoms with Gasteiger partial charge in [0, 0.05) is 17.0 Å². The Bertz CT molecular complexity index is 601. The van der Waals surface area contributed by atoms with E-state index in [1.807, 2.05) is 26.0 Å².